The first-order valence-electron chi connectivity index (χ1n) is 13.6. The zero-order chi connectivity index (χ0) is 24.7. The summed E-state index contributed by atoms with van der Waals surface area (Å²) in [6.07, 6.45) is 8.62. The SMILES string of the molecule is CCOC(=O)O[C@@H]1CC[C@@]2(C)[C@H](CC[C@@H]3[C@@H]2CC(=O)[C@]2(C)[C@@H]([C@H](C)CCC(=O)OC)CC[C@@H]32)C1. The quantitative estimate of drug-likeness (QED) is 0.440. The van der Waals surface area contributed by atoms with Gasteiger partial charge in [-0.15, -0.1) is 0 Å². The van der Waals surface area contributed by atoms with Gasteiger partial charge in [-0.2, -0.15) is 0 Å². The average Bonchev–Trinajstić information content (AvgIpc) is 3.17. The largest absolute Gasteiger partial charge is 0.508 e. The summed E-state index contributed by atoms with van der Waals surface area (Å²) in [5.74, 6) is 2.99. The number of methoxy groups -OCH3 is 1. The highest BCUT2D eigenvalue weighted by Crippen LogP contribution is 2.67. The highest BCUT2D eigenvalue weighted by molar-refractivity contribution is 5.87. The van der Waals surface area contributed by atoms with Crippen molar-refractivity contribution in [3.8, 4) is 0 Å². The Morgan fingerprint density at radius 2 is 1.85 bits per heavy atom. The summed E-state index contributed by atoms with van der Waals surface area (Å²) in [6, 6.07) is 0. The number of ketones is 1. The van der Waals surface area contributed by atoms with Crippen LogP contribution in [0.5, 0.6) is 0 Å². The summed E-state index contributed by atoms with van der Waals surface area (Å²) < 4.78 is 15.4. The number of esters is 1. The van der Waals surface area contributed by atoms with Gasteiger partial charge in [-0.25, -0.2) is 4.79 Å². The summed E-state index contributed by atoms with van der Waals surface area (Å²) in [4.78, 5) is 37.4. The van der Waals surface area contributed by atoms with Gasteiger partial charge in [-0.05, 0) is 99.2 Å². The maximum absolute atomic E-state index is 13.9. The van der Waals surface area contributed by atoms with E-state index < -0.39 is 6.16 Å². The van der Waals surface area contributed by atoms with Crippen molar-refractivity contribution in [3.05, 3.63) is 0 Å². The van der Waals surface area contributed by atoms with Gasteiger partial charge in [0.1, 0.15) is 11.9 Å². The van der Waals surface area contributed by atoms with E-state index in [9.17, 15) is 14.4 Å². The minimum absolute atomic E-state index is 0.0650. The molecule has 0 aromatic heterocycles. The van der Waals surface area contributed by atoms with E-state index >= 15 is 0 Å². The zero-order valence-corrected chi connectivity index (χ0v) is 21.8. The smallest absolute Gasteiger partial charge is 0.469 e. The molecule has 0 amide bonds. The van der Waals surface area contributed by atoms with Crippen LogP contribution >= 0.6 is 0 Å². The van der Waals surface area contributed by atoms with Crippen LogP contribution in [0.1, 0.15) is 91.9 Å². The Morgan fingerprint density at radius 1 is 1.09 bits per heavy atom. The van der Waals surface area contributed by atoms with Crippen molar-refractivity contribution < 1.29 is 28.6 Å². The van der Waals surface area contributed by atoms with E-state index in [2.05, 4.69) is 20.8 Å². The van der Waals surface area contributed by atoms with Gasteiger partial charge in [0, 0.05) is 18.3 Å². The molecule has 0 spiro atoms. The predicted molar refractivity (Wildman–Crippen MR) is 128 cm³/mol. The number of carbonyl (C=O) groups excluding carboxylic acids is 3. The van der Waals surface area contributed by atoms with Crippen LogP contribution in [-0.4, -0.2) is 37.7 Å². The number of hydrogen-bond acceptors (Lipinski definition) is 6. The summed E-state index contributed by atoms with van der Waals surface area (Å²) in [5.41, 5.74) is -0.118. The van der Waals surface area contributed by atoms with E-state index in [4.69, 9.17) is 14.2 Å². The van der Waals surface area contributed by atoms with E-state index in [1.54, 1.807) is 6.92 Å². The van der Waals surface area contributed by atoms with Crippen LogP contribution in [0.15, 0.2) is 0 Å². The van der Waals surface area contributed by atoms with Crippen LogP contribution in [0.4, 0.5) is 4.79 Å². The van der Waals surface area contributed by atoms with E-state index in [1.165, 1.54) is 13.5 Å². The molecule has 4 fully saturated rings. The molecule has 4 aliphatic rings. The molecule has 34 heavy (non-hydrogen) atoms. The van der Waals surface area contributed by atoms with Gasteiger partial charge in [0.15, 0.2) is 0 Å². The second-order valence-corrected chi connectivity index (χ2v) is 12.0. The average molecular weight is 477 g/mol. The van der Waals surface area contributed by atoms with E-state index in [1.807, 2.05) is 0 Å². The molecule has 0 N–H and O–H groups in total. The molecular weight excluding hydrogens is 432 g/mol. The van der Waals surface area contributed by atoms with Crippen molar-refractivity contribution in [3.63, 3.8) is 0 Å². The van der Waals surface area contributed by atoms with Gasteiger partial charge >= 0.3 is 12.1 Å². The fraction of sp³-hybridized carbons (Fsp3) is 0.893. The van der Waals surface area contributed by atoms with Gasteiger partial charge in [-0.3, -0.25) is 9.59 Å². The molecule has 0 radical (unpaired) electrons. The number of ether oxygens (including phenoxy) is 3. The number of hydrogen-bond donors (Lipinski definition) is 0. The first kappa shape index (κ1) is 25.5. The van der Waals surface area contributed by atoms with E-state index in [0.29, 0.717) is 60.7 Å². The normalized spacial score (nSPS) is 42.1. The van der Waals surface area contributed by atoms with Gasteiger partial charge in [-0.1, -0.05) is 20.8 Å². The van der Waals surface area contributed by atoms with E-state index in [0.717, 1.165) is 44.9 Å². The Hall–Kier alpha value is -1.59. The number of rotatable bonds is 6. The molecule has 0 saturated heterocycles. The molecule has 4 aliphatic carbocycles. The molecular formula is C28H44O6. The summed E-state index contributed by atoms with van der Waals surface area (Å²) in [5, 5.41) is 0. The maximum atomic E-state index is 13.9. The fourth-order valence-electron chi connectivity index (χ4n) is 8.91. The lowest BCUT2D eigenvalue weighted by molar-refractivity contribution is -0.161. The molecule has 0 heterocycles. The predicted octanol–water partition coefficient (Wildman–Crippen LogP) is 5.96. The number of carbonyl (C=O) groups is 3. The van der Waals surface area contributed by atoms with Crippen LogP contribution in [-0.2, 0) is 23.8 Å². The lowest BCUT2D eigenvalue weighted by atomic mass is 9.44. The van der Waals surface area contributed by atoms with Crippen LogP contribution in [0.25, 0.3) is 0 Å². The Morgan fingerprint density at radius 3 is 2.56 bits per heavy atom. The number of fused-ring (bicyclic) bond motifs is 5. The van der Waals surface area contributed by atoms with Crippen molar-refractivity contribution in [1.29, 1.82) is 0 Å². The Bertz CT molecular complexity index is 794. The van der Waals surface area contributed by atoms with Crippen LogP contribution in [0.3, 0.4) is 0 Å². The lowest BCUT2D eigenvalue weighted by Crippen LogP contribution is -2.57. The topological polar surface area (TPSA) is 78.9 Å². The molecule has 0 aliphatic heterocycles. The fourth-order valence-corrected chi connectivity index (χ4v) is 8.91. The van der Waals surface area contributed by atoms with Gasteiger partial charge in [0.2, 0.25) is 0 Å². The summed E-state index contributed by atoms with van der Waals surface area (Å²) in [7, 11) is 1.44. The molecule has 9 atom stereocenters. The highest BCUT2D eigenvalue weighted by Gasteiger charge is 2.64. The molecule has 6 heteroatoms. The van der Waals surface area contributed by atoms with Crippen LogP contribution in [0.2, 0.25) is 0 Å². The molecule has 4 saturated carbocycles. The molecule has 6 nitrogen and oxygen atoms in total. The minimum atomic E-state index is -0.549. The van der Waals surface area contributed by atoms with Crippen molar-refractivity contribution in [2.45, 2.75) is 98.0 Å². The van der Waals surface area contributed by atoms with Crippen molar-refractivity contribution in [2.75, 3.05) is 13.7 Å². The monoisotopic (exact) mass is 476 g/mol. The zero-order valence-electron chi connectivity index (χ0n) is 21.8. The van der Waals surface area contributed by atoms with Crippen LogP contribution < -0.4 is 0 Å². The Labute approximate surface area is 204 Å². The van der Waals surface area contributed by atoms with Crippen LogP contribution in [0, 0.1) is 46.3 Å². The third kappa shape index (κ3) is 4.28. The Balaban J connectivity index is 1.47. The molecule has 0 aromatic carbocycles. The third-order valence-electron chi connectivity index (χ3n) is 10.8. The Kier molecular flexibility index (Phi) is 7.36. The maximum Gasteiger partial charge on any atom is 0.508 e. The molecule has 4 rings (SSSR count). The standard InChI is InChI=1S/C28H44O6/c1-6-33-26(31)34-19-13-14-27(3)18(15-19)8-9-20-22-11-10-21(17(2)7-12-25(30)32-5)28(22,4)24(29)16-23(20)27/h17-23H,6-16H2,1-5H3/t17-,18-,19-,20+,21-,22+,23+,27+,28-/m1/s1. The van der Waals surface area contributed by atoms with Crippen molar-refractivity contribution in [1.82, 2.24) is 0 Å². The van der Waals surface area contributed by atoms with Gasteiger partial charge < -0.3 is 14.2 Å². The second-order valence-electron chi connectivity index (χ2n) is 12.0. The highest BCUT2D eigenvalue weighted by atomic mass is 16.7. The molecule has 0 bridgehead atoms. The van der Waals surface area contributed by atoms with Crippen molar-refractivity contribution >= 4 is 17.9 Å². The third-order valence-corrected chi connectivity index (χ3v) is 10.8. The molecule has 0 aromatic rings. The molecule has 0 unspecified atom stereocenters. The molecule has 192 valence electrons. The second kappa shape index (κ2) is 9.81. The summed E-state index contributed by atoms with van der Waals surface area (Å²) in [6.45, 7) is 9.02. The number of Topliss-reactive ketones (excluding diaryl/α,β-unsaturated/α-hetero) is 1. The lowest BCUT2D eigenvalue weighted by Gasteiger charge is -2.60. The minimum Gasteiger partial charge on any atom is -0.469 e. The van der Waals surface area contributed by atoms with Gasteiger partial charge in [0.05, 0.1) is 13.7 Å². The van der Waals surface area contributed by atoms with Crippen molar-refractivity contribution in [2.24, 2.45) is 46.3 Å². The van der Waals surface area contributed by atoms with Gasteiger partial charge in [0.25, 0.3) is 0 Å². The first-order chi connectivity index (χ1) is 16.1. The first-order valence-corrected chi connectivity index (χ1v) is 13.6. The van der Waals surface area contributed by atoms with E-state index in [-0.39, 0.29) is 22.9 Å². The summed E-state index contributed by atoms with van der Waals surface area (Å²) >= 11 is 0.